The van der Waals surface area contributed by atoms with E-state index in [2.05, 4.69) is 20.8 Å². The zero-order valence-electron chi connectivity index (χ0n) is 10.8. The van der Waals surface area contributed by atoms with E-state index in [1.54, 1.807) is 0 Å². The van der Waals surface area contributed by atoms with Crippen molar-refractivity contribution in [3.63, 3.8) is 0 Å². The molecule has 0 aliphatic heterocycles. The zero-order chi connectivity index (χ0) is 11.3. The molecule has 90 valence electrons. The first kappa shape index (κ1) is 13.0. The summed E-state index contributed by atoms with van der Waals surface area (Å²) in [6, 6.07) is 0.493. The van der Waals surface area contributed by atoms with Gasteiger partial charge in [-0.25, -0.2) is 0 Å². The average molecular weight is 211 g/mol. The van der Waals surface area contributed by atoms with Crippen LogP contribution in [0.3, 0.4) is 0 Å². The van der Waals surface area contributed by atoms with Crippen LogP contribution < -0.4 is 5.73 Å². The highest BCUT2D eigenvalue weighted by atomic mass is 14.7. The Labute approximate surface area is 95.8 Å². The van der Waals surface area contributed by atoms with Crippen molar-refractivity contribution in [2.24, 2.45) is 23.5 Å². The summed E-state index contributed by atoms with van der Waals surface area (Å²) in [4.78, 5) is 0. The summed E-state index contributed by atoms with van der Waals surface area (Å²) in [6.07, 6.45) is 9.45. The molecule has 1 heteroatoms. The summed E-state index contributed by atoms with van der Waals surface area (Å²) in [7, 11) is 0. The molecule has 1 fully saturated rings. The maximum Gasteiger partial charge on any atom is 0.00674 e. The minimum atomic E-state index is 0.493. The van der Waals surface area contributed by atoms with Crippen molar-refractivity contribution in [1.29, 1.82) is 0 Å². The lowest BCUT2D eigenvalue weighted by Crippen LogP contribution is -2.36. The van der Waals surface area contributed by atoms with E-state index in [1.165, 1.54) is 44.9 Å². The normalized spacial score (nSPS) is 34.0. The fraction of sp³-hybridized carbons (Fsp3) is 1.00. The molecule has 0 aromatic rings. The predicted molar refractivity (Wildman–Crippen MR) is 67.8 cm³/mol. The molecule has 1 nitrogen and oxygen atoms in total. The number of hydrogen-bond acceptors (Lipinski definition) is 1. The average Bonchev–Trinajstić information content (AvgIpc) is 2.21. The van der Waals surface area contributed by atoms with Gasteiger partial charge in [0.05, 0.1) is 0 Å². The summed E-state index contributed by atoms with van der Waals surface area (Å²) >= 11 is 0. The van der Waals surface area contributed by atoms with Gasteiger partial charge in [-0.2, -0.15) is 0 Å². The van der Waals surface area contributed by atoms with Crippen LogP contribution in [0, 0.1) is 17.8 Å². The van der Waals surface area contributed by atoms with Crippen molar-refractivity contribution in [3.05, 3.63) is 0 Å². The molecule has 0 aromatic heterocycles. The Hall–Kier alpha value is -0.0400. The van der Waals surface area contributed by atoms with Crippen LogP contribution in [-0.4, -0.2) is 6.04 Å². The van der Waals surface area contributed by atoms with E-state index >= 15 is 0 Å². The number of rotatable bonds is 5. The predicted octanol–water partition coefficient (Wildman–Crippen LogP) is 3.97. The van der Waals surface area contributed by atoms with Gasteiger partial charge in [0.15, 0.2) is 0 Å². The zero-order valence-corrected chi connectivity index (χ0v) is 10.8. The van der Waals surface area contributed by atoms with Crippen LogP contribution in [0.1, 0.15) is 65.7 Å². The van der Waals surface area contributed by atoms with E-state index in [0.29, 0.717) is 6.04 Å². The second kappa shape index (κ2) is 6.52. The van der Waals surface area contributed by atoms with E-state index in [1.807, 2.05) is 0 Å². The Morgan fingerprint density at radius 2 is 2.00 bits per heavy atom. The molecule has 1 aliphatic carbocycles. The molecular weight excluding hydrogens is 182 g/mol. The van der Waals surface area contributed by atoms with Gasteiger partial charge in [0.2, 0.25) is 0 Å². The second-order valence-electron chi connectivity index (χ2n) is 5.64. The Morgan fingerprint density at radius 1 is 1.27 bits per heavy atom. The number of hydrogen-bond donors (Lipinski definition) is 1. The molecule has 4 atom stereocenters. The molecule has 0 heterocycles. The summed E-state index contributed by atoms with van der Waals surface area (Å²) < 4.78 is 0. The van der Waals surface area contributed by atoms with E-state index < -0.39 is 0 Å². The van der Waals surface area contributed by atoms with Gasteiger partial charge in [0.1, 0.15) is 0 Å². The lowest BCUT2D eigenvalue weighted by Gasteiger charge is -2.35. The van der Waals surface area contributed by atoms with Gasteiger partial charge >= 0.3 is 0 Å². The van der Waals surface area contributed by atoms with Crippen LogP contribution in [0.4, 0.5) is 0 Å². The Kier molecular flexibility index (Phi) is 5.66. The van der Waals surface area contributed by atoms with Crippen LogP contribution >= 0.6 is 0 Å². The topological polar surface area (TPSA) is 26.0 Å². The van der Waals surface area contributed by atoms with Crippen LogP contribution in [0.25, 0.3) is 0 Å². The summed E-state index contributed by atoms with van der Waals surface area (Å²) in [6.45, 7) is 7.01. The van der Waals surface area contributed by atoms with Gasteiger partial charge in [0, 0.05) is 6.04 Å². The van der Waals surface area contributed by atoms with Crippen molar-refractivity contribution in [2.75, 3.05) is 0 Å². The quantitative estimate of drug-likeness (QED) is 0.731. The molecule has 4 unspecified atom stereocenters. The third kappa shape index (κ3) is 4.14. The standard InChI is InChI=1S/C14H29N/c1-4-6-11(3)9-13-10-12(5-2)7-8-14(13)15/h11-14H,4-10,15H2,1-3H3. The second-order valence-corrected chi connectivity index (χ2v) is 5.64. The monoisotopic (exact) mass is 211 g/mol. The molecule has 0 aromatic carbocycles. The van der Waals surface area contributed by atoms with Crippen LogP contribution in [-0.2, 0) is 0 Å². The highest BCUT2D eigenvalue weighted by molar-refractivity contribution is 4.83. The summed E-state index contributed by atoms with van der Waals surface area (Å²) in [5.41, 5.74) is 6.24. The van der Waals surface area contributed by atoms with E-state index in [4.69, 9.17) is 5.73 Å². The maximum absolute atomic E-state index is 6.24. The molecule has 1 saturated carbocycles. The van der Waals surface area contributed by atoms with Crippen LogP contribution in [0.15, 0.2) is 0 Å². The summed E-state index contributed by atoms with van der Waals surface area (Å²) in [5, 5.41) is 0. The highest BCUT2D eigenvalue weighted by Gasteiger charge is 2.27. The maximum atomic E-state index is 6.24. The first-order valence-electron chi connectivity index (χ1n) is 6.92. The summed E-state index contributed by atoms with van der Waals surface area (Å²) in [5.74, 6) is 2.65. The highest BCUT2D eigenvalue weighted by Crippen LogP contribution is 2.34. The first-order chi connectivity index (χ1) is 7.17. The fourth-order valence-corrected chi connectivity index (χ4v) is 3.15. The van der Waals surface area contributed by atoms with Crippen LogP contribution in [0.2, 0.25) is 0 Å². The smallest absolute Gasteiger partial charge is 0.00674 e. The molecule has 0 spiro atoms. The minimum Gasteiger partial charge on any atom is -0.327 e. The third-order valence-corrected chi connectivity index (χ3v) is 4.21. The minimum absolute atomic E-state index is 0.493. The van der Waals surface area contributed by atoms with Gasteiger partial charge in [-0.1, -0.05) is 40.0 Å². The van der Waals surface area contributed by atoms with Crippen molar-refractivity contribution in [2.45, 2.75) is 71.8 Å². The SMILES string of the molecule is CCCC(C)CC1CC(CC)CCC1N. The first-order valence-corrected chi connectivity index (χ1v) is 6.92. The fourth-order valence-electron chi connectivity index (χ4n) is 3.15. The van der Waals surface area contributed by atoms with Gasteiger partial charge in [-0.15, -0.1) is 0 Å². The molecule has 0 amide bonds. The van der Waals surface area contributed by atoms with Crippen molar-refractivity contribution >= 4 is 0 Å². The molecule has 1 aliphatic rings. The molecule has 0 bridgehead atoms. The molecule has 0 saturated heterocycles. The molecule has 0 radical (unpaired) electrons. The molecular formula is C14H29N. The van der Waals surface area contributed by atoms with Crippen molar-refractivity contribution in [1.82, 2.24) is 0 Å². The third-order valence-electron chi connectivity index (χ3n) is 4.21. The van der Waals surface area contributed by atoms with E-state index in [0.717, 1.165) is 17.8 Å². The lowest BCUT2D eigenvalue weighted by molar-refractivity contribution is 0.195. The lowest BCUT2D eigenvalue weighted by atomic mass is 9.73. The Morgan fingerprint density at radius 3 is 2.60 bits per heavy atom. The van der Waals surface area contributed by atoms with E-state index in [9.17, 15) is 0 Å². The van der Waals surface area contributed by atoms with E-state index in [-0.39, 0.29) is 0 Å². The van der Waals surface area contributed by atoms with Crippen molar-refractivity contribution < 1.29 is 0 Å². The van der Waals surface area contributed by atoms with Crippen molar-refractivity contribution in [3.8, 4) is 0 Å². The number of nitrogens with two attached hydrogens (primary N) is 1. The van der Waals surface area contributed by atoms with Gasteiger partial charge in [-0.05, 0) is 43.4 Å². The molecule has 1 rings (SSSR count). The Bertz CT molecular complexity index is 167. The van der Waals surface area contributed by atoms with Gasteiger partial charge < -0.3 is 5.73 Å². The molecule has 2 N–H and O–H groups in total. The Balaban J connectivity index is 2.36. The van der Waals surface area contributed by atoms with Gasteiger partial charge in [-0.3, -0.25) is 0 Å². The van der Waals surface area contributed by atoms with Crippen LogP contribution in [0.5, 0.6) is 0 Å². The van der Waals surface area contributed by atoms with Gasteiger partial charge in [0.25, 0.3) is 0 Å². The largest absolute Gasteiger partial charge is 0.327 e. The molecule has 15 heavy (non-hydrogen) atoms.